The van der Waals surface area contributed by atoms with E-state index < -0.39 is 0 Å². The lowest BCUT2D eigenvalue weighted by atomic mass is 10.1. The molecule has 1 aliphatic heterocycles. The largest absolute Gasteiger partial charge is 0.496 e. The Kier molecular flexibility index (Phi) is 5.41. The molecule has 1 aromatic carbocycles. The van der Waals surface area contributed by atoms with Gasteiger partial charge in [0.25, 0.3) is 5.91 Å². The summed E-state index contributed by atoms with van der Waals surface area (Å²) in [6.07, 6.45) is 0.00778. The van der Waals surface area contributed by atoms with Crippen molar-refractivity contribution in [3.8, 4) is 11.5 Å². The Hall–Kier alpha value is -1.79. The topological polar surface area (TPSA) is 60.0 Å². The predicted octanol–water partition coefficient (Wildman–Crippen LogP) is 0.764. The summed E-state index contributed by atoms with van der Waals surface area (Å²) in [6, 6.07) is 5.33. The molecule has 6 nitrogen and oxygen atoms in total. The van der Waals surface area contributed by atoms with Gasteiger partial charge in [-0.05, 0) is 19.2 Å². The number of morpholine rings is 1. The number of ether oxygens (including phenoxy) is 3. The number of hydrogen-bond acceptors (Lipinski definition) is 5. The minimum absolute atomic E-state index is 0.00778. The molecule has 6 heteroatoms. The van der Waals surface area contributed by atoms with E-state index in [0.29, 0.717) is 43.3 Å². The number of likely N-dealkylation sites (N-methyl/N-ethyl adjacent to an activating group) is 1. The van der Waals surface area contributed by atoms with Crippen LogP contribution in [0.3, 0.4) is 0 Å². The van der Waals surface area contributed by atoms with Gasteiger partial charge in [0.1, 0.15) is 17.1 Å². The number of methoxy groups -OCH3 is 2. The molecule has 1 fully saturated rings. The van der Waals surface area contributed by atoms with Crippen LogP contribution < -0.4 is 14.8 Å². The van der Waals surface area contributed by atoms with E-state index in [1.807, 2.05) is 7.05 Å². The Bertz CT molecular complexity index is 468. The number of carbonyl (C=O) groups excluding carboxylic acids is 1. The number of nitrogens with zero attached hydrogens (tertiary/aromatic N) is 1. The lowest BCUT2D eigenvalue weighted by molar-refractivity contribution is -0.0198. The van der Waals surface area contributed by atoms with Gasteiger partial charge in [0.15, 0.2) is 0 Å². The molecule has 1 aliphatic rings. The first kappa shape index (κ1) is 15.6. The molecule has 1 aromatic rings. The maximum Gasteiger partial charge on any atom is 0.261 e. The van der Waals surface area contributed by atoms with E-state index in [1.165, 1.54) is 0 Å². The van der Waals surface area contributed by atoms with Crippen LogP contribution in [0.1, 0.15) is 10.4 Å². The molecule has 2 rings (SSSR count). The maximum atomic E-state index is 12.8. The number of amides is 1. The SMILES string of the molecule is CNCC1CN(C(=O)c2c(OC)cccc2OC)CCO1. The number of benzene rings is 1. The quantitative estimate of drug-likeness (QED) is 0.869. The van der Waals surface area contributed by atoms with Crippen molar-refractivity contribution in [2.45, 2.75) is 6.10 Å². The molecule has 0 bridgehead atoms. The zero-order valence-electron chi connectivity index (χ0n) is 12.7. The van der Waals surface area contributed by atoms with Crippen molar-refractivity contribution in [2.24, 2.45) is 0 Å². The molecule has 1 heterocycles. The van der Waals surface area contributed by atoms with Crippen LogP contribution in [-0.2, 0) is 4.74 Å². The summed E-state index contributed by atoms with van der Waals surface area (Å²) in [5.74, 6) is 0.959. The van der Waals surface area contributed by atoms with Crippen LogP contribution in [0.2, 0.25) is 0 Å². The summed E-state index contributed by atoms with van der Waals surface area (Å²) < 4.78 is 16.2. The fraction of sp³-hybridized carbons (Fsp3) is 0.533. The van der Waals surface area contributed by atoms with Gasteiger partial charge in [0.05, 0.1) is 26.9 Å². The van der Waals surface area contributed by atoms with Gasteiger partial charge in [-0.1, -0.05) is 6.07 Å². The smallest absolute Gasteiger partial charge is 0.261 e. The van der Waals surface area contributed by atoms with Gasteiger partial charge in [-0.2, -0.15) is 0 Å². The molecule has 0 radical (unpaired) electrons. The van der Waals surface area contributed by atoms with Crippen LogP contribution in [-0.4, -0.2) is 64.4 Å². The number of nitrogens with one attached hydrogen (secondary N) is 1. The molecule has 116 valence electrons. The van der Waals surface area contributed by atoms with Gasteiger partial charge in [0.2, 0.25) is 0 Å². The van der Waals surface area contributed by atoms with Crippen molar-refractivity contribution in [1.29, 1.82) is 0 Å². The summed E-state index contributed by atoms with van der Waals surface area (Å²) in [7, 11) is 4.97. The third-order valence-corrected chi connectivity index (χ3v) is 3.50. The highest BCUT2D eigenvalue weighted by Gasteiger charge is 2.28. The predicted molar refractivity (Wildman–Crippen MR) is 79.1 cm³/mol. The van der Waals surface area contributed by atoms with Crippen LogP contribution in [0.5, 0.6) is 11.5 Å². The number of hydrogen-bond donors (Lipinski definition) is 1. The van der Waals surface area contributed by atoms with Gasteiger partial charge in [0, 0.05) is 19.6 Å². The van der Waals surface area contributed by atoms with Crippen molar-refractivity contribution in [2.75, 3.05) is 47.5 Å². The third-order valence-electron chi connectivity index (χ3n) is 3.50. The molecular formula is C15H22N2O4. The van der Waals surface area contributed by atoms with Crippen molar-refractivity contribution in [3.05, 3.63) is 23.8 Å². The Balaban J connectivity index is 2.23. The molecule has 1 N–H and O–H groups in total. The second kappa shape index (κ2) is 7.28. The van der Waals surface area contributed by atoms with E-state index >= 15 is 0 Å². The zero-order valence-corrected chi connectivity index (χ0v) is 12.7. The van der Waals surface area contributed by atoms with Crippen LogP contribution in [0.15, 0.2) is 18.2 Å². The first-order valence-corrected chi connectivity index (χ1v) is 6.97. The maximum absolute atomic E-state index is 12.8. The van der Waals surface area contributed by atoms with Gasteiger partial charge < -0.3 is 24.4 Å². The Morgan fingerprint density at radius 3 is 2.62 bits per heavy atom. The fourth-order valence-corrected chi connectivity index (χ4v) is 2.48. The van der Waals surface area contributed by atoms with Gasteiger partial charge in [-0.25, -0.2) is 0 Å². The average molecular weight is 294 g/mol. The fourth-order valence-electron chi connectivity index (χ4n) is 2.48. The van der Waals surface area contributed by atoms with Gasteiger partial charge in [-0.15, -0.1) is 0 Å². The molecule has 0 spiro atoms. The molecule has 21 heavy (non-hydrogen) atoms. The summed E-state index contributed by atoms with van der Waals surface area (Å²) in [4.78, 5) is 14.6. The van der Waals surface area contributed by atoms with Gasteiger partial charge >= 0.3 is 0 Å². The Labute approximate surface area is 125 Å². The van der Waals surface area contributed by atoms with E-state index in [4.69, 9.17) is 14.2 Å². The summed E-state index contributed by atoms with van der Waals surface area (Å²) in [5.41, 5.74) is 0.465. The minimum Gasteiger partial charge on any atom is -0.496 e. The molecule has 0 aliphatic carbocycles. The van der Waals surface area contributed by atoms with E-state index in [9.17, 15) is 4.79 Å². The standard InChI is InChI=1S/C15H22N2O4/c1-16-9-11-10-17(7-8-21-11)15(18)14-12(19-2)5-4-6-13(14)20-3/h4-6,11,16H,7-10H2,1-3H3. The van der Waals surface area contributed by atoms with Crippen LogP contribution in [0.4, 0.5) is 0 Å². The van der Waals surface area contributed by atoms with E-state index in [0.717, 1.165) is 0 Å². The van der Waals surface area contributed by atoms with Gasteiger partial charge in [-0.3, -0.25) is 4.79 Å². The van der Waals surface area contributed by atoms with Crippen LogP contribution in [0.25, 0.3) is 0 Å². The highest BCUT2D eigenvalue weighted by atomic mass is 16.5. The summed E-state index contributed by atoms with van der Waals surface area (Å²) >= 11 is 0. The lowest BCUT2D eigenvalue weighted by Gasteiger charge is -2.33. The first-order chi connectivity index (χ1) is 10.2. The molecule has 0 aromatic heterocycles. The van der Waals surface area contributed by atoms with Crippen molar-refractivity contribution in [1.82, 2.24) is 10.2 Å². The Morgan fingerprint density at radius 1 is 1.38 bits per heavy atom. The van der Waals surface area contributed by atoms with Crippen molar-refractivity contribution in [3.63, 3.8) is 0 Å². The van der Waals surface area contributed by atoms with E-state index in [1.54, 1.807) is 37.3 Å². The Morgan fingerprint density at radius 2 is 2.05 bits per heavy atom. The normalized spacial score (nSPS) is 18.4. The molecule has 1 amide bonds. The first-order valence-electron chi connectivity index (χ1n) is 6.97. The number of carbonyl (C=O) groups is 1. The average Bonchev–Trinajstić information content (AvgIpc) is 2.54. The summed E-state index contributed by atoms with van der Waals surface area (Å²) in [5, 5.41) is 3.07. The zero-order chi connectivity index (χ0) is 15.2. The van der Waals surface area contributed by atoms with Crippen LogP contribution in [0, 0.1) is 0 Å². The second-order valence-corrected chi connectivity index (χ2v) is 4.84. The molecular weight excluding hydrogens is 272 g/mol. The molecule has 1 atom stereocenters. The minimum atomic E-state index is -0.0892. The van der Waals surface area contributed by atoms with Crippen molar-refractivity contribution < 1.29 is 19.0 Å². The second-order valence-electron chi connectivity index (χ2n) is 4.84. The molecule has 1 unspecified atom stereocenters. The number of rotatable bonds is 5. The highest BCUT2D eigenvalue weighted by Crippen LogP contribution is 2.30. The van der Waals surface area contributed by atoms with Crippen molar-refractivity contribution >= 4 is 5.91 Å². The molecule has 1 saturated heterocycles. The van der Waals surface area contributed by atoms with E-state index in [-0.39, 0.29) is 12.0 Å². The monoisotopic (exact) mass is 294 g/mol. The summed E-state index contributed by atoms with van der Waals surface area (Å²) in [6.45, 7) is 2.38. The highest BCUT2D eigenvalue weighted by molar-refractivity contribution is 5.99. The lowest BCUT2D eigenvalue weighted by Crippen LogP contribution is -2.48. The third kappa shape index (κ3) is 3.46. The van der Waals surface area contributed by atoms with E-state index in [2.05, 4.69) is 5.32 Å². The molecule has 0 saturated carbocycles. The van der Waals surface area contributed by atoms with Crippen LogP contribution >= 0.6 is 0 Å².